The van der Waals surface area contributed by atoms with Gasteiger partial charge in [-0.15, -0.1) is 11.3 Å². The summed E-state index contributed by atoms with van der Waals surface area (Å²) < 4.78 is 7.11. The molecule has 1 fully saturated rings. The minimum Gasteiger partial charge on any atom is -0.381 e. The van der Waals surface area contributed by atoms with E-state index in [9.17, 15) is 4.79 Å². The molecule has 13 heteroatoms. The van der Waals surface area contributed by atoms with Gasteiger partial charge in [0.1, 0.15) is 11.3 Å². The van der Waals surface area contributed by atoms with Crippen molar-refractivity contribution in [3.8, 4) is 10.8 Å². The number of nitrogens with zero attached hydrogens (tertiary/aromatic N) is 6. The summed E-state index contributed by atoms with van der Waals surface area (Å²) in [5.74, 6) is 0.889. The molecule has 4 N–H and O–H groups in total. The molecule has 210 valence electrons. The van der Waals surface area contributed by atoms with E-state index >= 15 is 0 Å². The van der Waals surface area contributed by atoms with E-state index in [4.69, 9.17) is 9.51 Å². The molecular weight excluding hydrogens is 552 g/mol. The van der Waals surface area contributed by atoms with Crippen LogP contribution in [0.15, 0.2) is 88.1 Å². The first-order valence-corrected chi connectivity index (χ1v) is 14.3. The maximum absolute atomic E-state index is 13.9. The molecule has 12 nitrogen and oxygen atoms in total. The first-order valence-electron chi connectivity index (χ1n) is 13.4. The number of benzene rings is 1. The highest BCUT2D eigenvalue weighted by Gasteiger charge is 2.19. The van der Waals surface area contributed by atoms with E-state index in [-0.39, 0.29) is 12.1 Å². The number of hydrogen-bond acceptors (Lipinski definition) is 12. The lowest BCUT2D eigenvalue weighted by Crippen LogP contribution is -2.24. The van der Waals surface area contributed by atoms with Gasteiger partial charge < -0.3 is 25.8 Å². The van der Waals surface area contributed by atoms with Gasteiger partial charge in [-0.1, -0.05) is 5.16 Å². The van der Waals surface area contributed by atoms with Crippen LogP contribution in [0.5, 0.6) is 0 Å². The summed E-state index contributed by atoms with van der Waals surface area (Å²) in [7, 11) is 0. The first-order chi connectivity index (χ1) is 20.7. The lowest BCUT2D eigenvalue weighted by Gasteiger charge is -2.15. The lowest BCUT2D eigenvalue weighted by molar-refractivity contribution is 0.431. The second-order valence-corrected chi connectivity index (χ2v) is 10.7. The monoisotopic (exact) mass is 578 g/mol. The number of rotatable bonds is 9. The van der Waals surface area contributed by atoms with Crippen molar-refractivity contribution in [3.63, 3.8) is 0 Å². The van der Waals surface area contributed by atoms with Crippen LogP contribution >= 0.6 is 11.3 Å². The zero-order valence-electron chi connectivity index (χ0n) is 22.3. The van der Waals surface area contributed by atoms with E-state index in [1.807, 2.05) is 35.7 Å². The van der Waals surface area contributed by atoms with Gasteiger partial charge in [0.05, 0.1) is 24.6 Å². The molecular formula is C29H26N10O2S. The Labute approximate surface area is 243 Å². The Morgan fingerprint density at radius 3 is 2.71 bits per heavy atom. The summed E-state index contributed by atoms with van der Waals surface area (Å²) in [6.45, 7) is 2.17. The summed E-state index contributed by atoms with van der Waals surface area (Å²) >= 11 is 1.44. The Morgan fingerprint density at radius 2 is 1.93 bits per heavy atom. The quantitative estimate of drug-likeness (QED) is 0.191. The number of fused-ring (bicyclic) bond motifs is 1. The molecule has 1 unspecified atom stereocenters. The van der Waals surface area contributed by atoms with Gasteiger partial charge in [0, 0.05) is 58.9 Å². The minimum absolute atomic E-state index is 0.170. The highest BCUT2D eigenvalue weighted by molar-refractivity contribution is 7.13. The number of anilines is 5. The van der Waals surface area contributed by atoms with Crippen molar-refractivity contribution >= 4 is 51.1 Å². The molecule has 1 aromatic carbocycles. The highest BCUT2D eigenvalue weighted by Crippen LogP contribution is 2.27. The molecule has 42 heavy (non-hydrogen) atoms. The molecule has 5 aromatic heterocycles. The van der Waals surface area contributed by atoms with E-state index in [0.29, 0.717) is 50.7 Å². The molecule has 1 aliphatic heterocycles. The third kappa shape index (κ3) is 5.42. The fraction of sp³-hybridized carbons (Fsp3) is 0.172. The number of aromatic nitrogens is 6. The third-order valence-corrected chi connectivity index (χ3v) is 7.71. The van der Waals surface area contributed by atoms with Gasteiger partial charge in [-0.05, 0) is 55.4 Å². The topological polar surface area (TPSA) is 148 Å². The van der Waals surface area contributed by atoms with E-state index in [1.165, 1.54) is 11.3 Å². The Balaban J connectivity index is 1.23. The van der Waals surface area contributed by atoms with Crippen LogP contribution in [0.25, 0.3) is 21.8 Å². The predicted molar refractivity (Wildman–Crippen MR) is 163 cm³/mol. The molecule has 1 saturated heterocycles. The summed E-state index contributed by atoms with van der Waals surface area (Å²) in [5.41, 5.74) is 3.86. The number of nitrogens with one attached hydrogen (secondary N) is 4. The molecule has 1 atom stereocenters. The second kappa shape index (κ2) is 11.4. The molecule has 0 aliphatic carbocycles. The Kier molecular flexibility index (Phi) is 7.00. The van der Waals surface area contributed by atoms with Crippen molar-refractivity contribution in [2.24, 2.45) is 0 Å². The zero-order valence-corrected chi connectivity index (χ0v) is 23.1. The van der Waals surface area contributed by atoms with Gasteiger partial charge in [0.15, 0.2) is 10.8 Å². The van der Waals surface area contributed by atoms with Gasteiger partial charge in [0.25, 0.3) is 5.56 Å². The van der Waals surface area contributed by atoms with Crippen molar-refractivity contribution in [1.82, 2.24) is 35.0 Å². The fourth-order valence-corrected chi connectivity index (χ4v) is 5.54. The molecule has 7 rings (SSSR count). The molecule has 0 saturated carbocycles. The van der Waals surface area contributed by atoms with Crippen LogP contribution in [-0.4, -0.2) is 48.8 Å². The van der Waals surface area contributed by atoms with Gasteiger partial charge >= 0.3 is 0 Å². The summed E-state index contributed by atoms with van der Waals surface area (Å²) in [5, 5.41) is 20.6. The largest absolute Gasteiger partial charge is 0.381 e. The van der Waals surface area contributed by atoms with Crippen molar-refractivity contribution in [2.75, 3.05) is 29.0 Å². The van der Waals surface area contributed by atoms with E-state index < -0.39 is 0 Å². The van der Waals surface area contributed by atoms with Crippen molar-refractivity contribution in [1.29, 1.82) is 0 Å². The van der Waals surface area contributed by atoms with Crippen molar-refractivity contribution in [3.05, 3.63) is 94.7 Å². The molecule has 6 aromatic rings. The van der Waals surface area contributed by atoms with Crippen LogP contribution in [0.4, 0.5) is 28.7 Å². The summed E-state index contributed by atoms with van der Waals surface area (Å²) in [6.07, 6.45) is 9.44. The Hall–Kier alpha value is -5.14. The normalized spacial score (nSPS) is 14.7. The average Bonchev–Trinajstić information content (AvgIpc) is 3.81. The molecule has 6 heterocycles. The van der Waals surface area contributed by atoms with Crippen LogP contribution in [-0.2, 0) is 6.54 Å². The highest BCUT2D eigenvalue weighted by atomic mass is 32.1. The van der Waals surface area contributed by atoms with Gasteiger partial charge in [-0.3, -0.25) is 14.3 Å². The fourth-order valence-electron chi connectivity index (χ4n) is 4.89. The van der Waals surface area contributed by atoms with Crippen LogP contribution in [0.2, 0.25) is 0 Å². The van der Waals surface area contributed by atoms with E-state index in [2.05, 4.69) is 41.4 Å². The minimum atomic E-state index is -0.265. The lowest BCUT2D eigenvalue weighted by atomic mass is 10.2. The molecule has 0 spiro atoms. The number of thiazole rings is 1. The van der Waals surface area contributed by atoms with Crippen LogP contribution in [0.1, 0.15) is 12.0 Å². The summed E-state index contributed by atoms with van der Waals surface area (Å²) in [4.78, 5) is 31.7. The smallest absolute Gasteiger partial charge is 0.276 e. The van der Waals surface area contributed by atoms with Crippen LogP contribution < -0.4 is 26.8 Å². The van der Waals surface area contributed by atoms with Crippen LogP contribution in [0.3, 0.4) is 0 Å². The number of pyridine rings is 2. The Bertz CT molecular complexity index is 1870. The molecule has 0 radical (unpaired) electrons. The number of hydrogen-bond donors (Lipinski definition) is 4. The molecule has 0 bridgehead atoms. The third-order valence-electron chi connectivity index (χ3n) is 6.94. The van der Waals surface area contributed by atoms with Crippen molar-refractivity contribution in [2.45, 2.75) is 19.0 Å². The van der Waals surface area contributed by atoms with Gasteiger partial charge in [-0.25, -0.2) is 9.97 Å². The van der Waals surface area contributed by atoms with E-state index in [1.54, 1.807) is 47.7 Å². The van der Waals surface area contributed by atoms with Crippen LogP contribution in [0, 0.1) is 0 Å². The molecule has 0 amide bonds. The summed E-state index contributed by atoms with van der Waals surface area (Å²) in [6, 6.07) is 13.8. The zero-order chi connectivity index (χ0) is 28.3. The van der Waals surface area contributed by atoms with E-state index in [0.717, 1.165) is 30.9 Å². The first kappa shape index (κ1) is 25.8. The second-order valence-electron chi connectivity index (χ2n) is 9.84. The average molecular weight is 579 g/mol. The Morgan fingerprint density at radius 1 is 1.02 bits per heavy atom. The van der Waals surface area contributed by atoms with Crippen molar-refractivity contribution < 1.29 is 4.52 Å². The SMILES string of the molecule is O=c1c(Nc2cccnc2)cc2cnc(Nc3ccc(NC4CCNC4)cc3)nc2n1Cc1cnoc1-c1nccs1. The van der Waals surface area contributed by atoms with Gasteiger partial charge in [-0.2, -0.15) is 4.98 Å². The standard InChI is InChI=1S/C29H26N10O2S/c40-28-24(36-22-2-1-8-30-15-22)12-18-13-33-29(37-21-5-3-20(4-6-21)35-23-7-9-31-16-23)38-26(18)39(28)17-19-14-34-41-25(19)27-32-10-11-42-27/h1-6,8,10-15,23,31,35-36H,7,9,16-17H2,(H,33,37,38). The van der Waals surface area contributed by atoms with Gasteiger partial charge in [0.2, 0.25) is 5.95 Å². The predicted octanol–water partition coefficient (Wildman–Crippen LogP) is 4.61. The maximum Gasteiger partial charge on any atom is 0.276 e. The maximum atomic E-state index is 13.9. The molecule has 1 aliphatic rings.